The molecule has 1 aromatic rings. The number of aromatic hydroxyl groups is 1. The molecule has 2 N–H and O–H groups in total. The van der Waals surface area contributed by atoms with Crippen molar-refractivity contribution in [2.75, 3.05) is 0 Å². The fraction of sp³-hybridized carbons (Fsp3) is 0. The molecule has 0 heterocycles. The number of para-hydroxylation sites is 2. The summed E-state index contributed by atoms with van der Waals surface area (Å²) in [6.07, 6.45) is 0. The van der Waals surface area contributed by atoms with Gasteiger partial charge in [-0.15, -0.1) is 0 Å². The van der Waals surface area contributed by atoms with E-state index in [0.29, 0.717) is 0 Å². The summed E-state index contributed by atoms with van der Waals surface area (Å²) in [5.74, 6) is -0.657. The first-order valence-electron chi connectivity index (χ1n) is 3.34. The Labute approximate surface area is 134 Å². The predicted octanol–water partition coefficient (Wildman–Crippen LogP) is -1.45. The van der Waals surface area contributed by atoms with Gasteiger partial charge in [-0.2, -0.15) is 8.42 Å². The van der Waals surface area contributed by atoms with E-state index in [2.05, 4.69) is 4.18 Å². The van der Waals surface area contributed by atoms with Gasteiger partial charge in [0.25, 0.3) is 0 Å². The summed E-state index contributed by atoms with van der Waals surface area (Å²) in [5, 5.41) is 8.97. The van der Waals surface area contributed by atoms with Crippen molar-refractivity contribution in [2.24, 2.45) is 0 Å². The van der Waals surface area contributed by atoms with E-state index in [9.17, 15) is 8.42 Å². The normalized spacial score (nSPS) is 8.29. The summed E-state index contributed by atoms with van der Waals surface area (Å²) < 4.78 is 32.6. The maximum absolute atomic E-state index is 10.2. The summed E-state index contributed by atoms with van der Waals surface area (Å²) in [5.41, 5.74) is 13.5. The largest absolute Gasteiger partial charge is 1.00 e. The van der Waals surface area contributed by atoms with Gasteiger partial charge in [0.2, 0.25) is 0 Å². The maximum atomic E-state index is 10.2. The molecule has 0 aliphatic heterocycles. The van der Waals surface area contributed by atoms with Crippen molar-refractivity contribution in [1.29, 1.82) is 0 Å². The molecule has 1 rings (SSSR count). The predicted molar refractivity (Wildman–Crippen MR) is 51.5 cm³/mol. The van der Waals surface area contributed by atoms with E-state index in [1.807, 2.05) is 0 Å². The summed E-state index contributed by atoms with van der Waals surface area (Å²) in [4.78, 5) is 1.50. The fourth-order valence-electron chi connectivity index (χ4n) is 0.641. The van der Waals surface area contributed by atoms with E-state index < -0.39 is 10.4 Å². The second-order valence-electron chi connectivity index (χ2n) is 2.07. The van der Waals surface area contributed by atoms with Gasteiger partial charge in [-0.3, -0.25) is 9.46 Å². The van der Waals surface area contributed by atoms with Gasteiger partial charge < -0.3 is 21.8 Å². The number of hydrogen-bond acceptors (Lipinski definition) is 4. The second-order valence-corrected chi connectivity index (χ2v) is 3.09. The van der Waals surface area contributed by atoms with Gasteiger partial charge in [0.1, 0.15) is 0 Å². The molecule has 0 amide bonds. The van der Waals surface area contributed by atoms with Gasteiger partial charge in [-0.25, -0.2) is 0 Å². The van der Waals surface area contributed by atoms with Gasteiger partial charge in [-0.05, 0) is 12.1 Å². The summed E-state index contributed by atoms with van der Waals surface area (Å²) in [7, 11) is -4.56. The van der Waals surface area contributed by atoms with E-state index in [1.165, 1.54) is 29.2 Å². The fourth-order valence-corrected chi connectivity index (χ4v) is 1.01. The molecule has 11 heteroatoms. The van der Waals surface area contributed by atoms with Crippen LogP contribution in [-0.4, -0.2) is 18.1 Å². The number of hydrogen-bond donors (Lipinski definition) is 2. The van der Waals surface area contributed by atoms with Gasteiger partial charge in [-0.1, -0.05) is 12.1 Å². The topological polar surface area (TPSA) is 143 Å². The third kappa shape index (κ3) is 11.9. The maximum Gasteiger partial charge on any atom is 1.00 e. The van der Waals surface area contributed by atoms with E-state index in [1.54, 1.807) is 0 Å². The molecule has 0 saturated carbocycles. The van der Waals surface area contributed by atoms with Crippen molar-refractivity contribution in [1.82, 2.24) is 0 Å². The minimum absolute atomic E-state index is 0. The van der Waals surface area contributed by atoms with E-state index in [0.717, 1.165) is 0 Å². The summed E-state index contributed by atoms with van der Waals surface area (Å²) in [6.45, 7) is 0. The molecule has 0 unspecified atom stereocenters. The molecule has 0 saturated heterocycles. The molecule has 0 radical (unpaired) electrons. The Kier molecular flexibility index (Phi) is 13.9. The number of phenols is 1. The molecular weight excluding hydrogens is 315 g/mol. The Hall–Kier alpha value is -0.337. The van der Waals surface area contributed by atoms with E-state index >= 15 is 0 Å². The van der Waals surface area contributed by atoms with Crippen LogP contribution in [-0.2, 0) is 29.9 Å². The van der Waals surface area contributed by atoms with Crippen LogP contribution in [0.5, 0.6) is 11.5 Å². The monoisotopic (exact) mass is 320 g/mol. The van der Waals surface area contributed by atoms with E-state index in [4.69, 9.17) is 20.7 Å². The summed E-state index contributed by atoms with van der Waals surface area (Å²) in [6, 6.07) is 5.40. The Morgan fingerprint density at radius 2 is 1.71 bits per heavy atom. The van der Waals surface area contributed by atoms with Crippen LogP contribution in [0.1, 0.15) is 1.43 Å². The zero-order valence-corrected chi connectivity index (χ0v) is 14.7. The van der Waals surface area contributed by atoms with Crippen LogP contribution in [0.25, 0.3) is 16.0 Å². The molecule has 86 valence electrons. The third-order valence-corrected chi connectivity index (χ3v) is 1.45. The average Bonchev–Trinajstić information content (AvgIpc) is 2.08. The molecule has 0 atom stereocenters. The first kappa shape index (κ1) is 21.9. The first-order chi connectivity index (χ1) is 6.90. The quantitative estimate of drug-likeness (QED) is 0.225. The number of nitrogens with zero attached hydrogens (tertiary/aromatic N) is 3. The van der Waals surface area contributed by atoms with Crippen LogP contribution in [0, 0.1) is 0 Å². The number of phenolic OH excluding ortho intramolecular Hbond substituents is 1. The third-order valence-electron chi connectivity index (χ3n) is 1.06. The Balaban J connectivity index is -0.000000149. The standard InChI is InChI=1S/C6H6O5S.N3.Na.Zn.H/c7-5-3-1-2-4-6(5)11-12(8,9)10;1-3-2;;;/h1-4,7H,(H,8,9,10);;;;/q;-1;+1;;-1. The van der Waals surface area contributed by atoms with Crippen LogP contribution in [0.3, 0.4) is 0 Å². The first-order valence-corrected chi connectivity index (χ1v) is 4.70. The SMILES string of the molecule is O=S(=O)(O)Oc1ccccc1O.[H-].[N-]=[N+]=[N-].[Na+].[Zn]. The smallest absolute Gasteiger partial charge is 1.00 e. The van der Waals surface area contributed by atoms with Crippen molar-refractivity contribution in [3.05, 3.63) is 40.2 Å². The molecule has 17 heavy (non-hydrogen) atoms. The molecule has 0 aliphatic rings. The molecule has 0 aliphatic carbocycles. The van der Waals surface area contributed by atoms with E-state index in [-0.39, 0.29) is 62.0 Å². The van der Waals surface area contributed by atoms with Crippen LogP contribution in [0.15, 0.2) is 24.3 Å². The molecule has 1 aromatic carbocycles. The van der Waals surface area contributed by atoms with Crippen molar-refractivity contribution in [3.63, 3.8) is 0 Å². The second kappa shape index (κ2) is 10.8. The Morgan fingerprint density at radius 1 is 1.29 bits per heavy atom. The molecule has 0 fully saturated rings. The Bertz CT molecular complexity index is 468. The molecular formula is C6H7N3NaO5SZn-. The van der Waals surface area contributed by atoms with Crippen LogP contribution < -0.4 is 33.7 Å². The average molecular weight is 322 g/mol. The van der Waals surface area contributed by atoms with Gasteiger partial charge in [0, 0.05) is 19.5 Å². The zero-order valence-electron chi connectivity index (χ0n) is 9.89. The minimum Gasteiger partial charge on any atom is -1.00 e. The van der Waals surface area contributed by atoms with Crippen molar-refractivity contribution < 1.29 is 72.7 Å². The number of rotatable bonds is 2. The van der Waals surface area contributed by atoms with Crippen molar-refractivity contribution in [3.8, 4) is 11.5 Å². The number of benzene rings is 1. The Morgan fingerprint density at radius 3 is 2.06 bits per heavy atom. The van der Waals surface area contributed by atoms with Crippen LogP contribution in [0.2, 0.25) is 0 Å². The van der Waals surface area contributed by atoms with Gasteiger partial charge in [0.15, 0.2) is 11.5 Å². The van der Waals surface area contributed by atoms with Crippen LogP contribution >= 0.6 is 0 Å². The molecule has 0 aromatic heterocycles. The molecule has 0 spiro atoms. The zero-order chi connectivity index (χ0) is 11.9. The van der Waals surface area contributed by atoms with Crippen molar-refractivity contribution >= 4 is 10.4 Å². The van der Waals surface area contributed by atoms with Gasteiger partial charge in [0.05, 0.1) is 0 Å². The minimum atomic E-state index is -4.56. The van der Waals surface area contributed by atoms with Gasteiger partial charge >= 0.3 is 40.0 Å². The molecule has 8 nitrogen and oxygen atoms in total. The van der Waals surface area contributed by atoms with Crippen molar-refractivity contribution in [2.45, 2.75) is 0 Å². The molecule has 0 bridgehead atoms. The summed E-state index contributed by atoms with van der Waals surface area (Å²) >= 11 is 0. The van der Waals surface area contributed by atoms with Crippen LogP contribution in [0.4, 0.5) is 0 Å².